The molecule has 76 valence electrons. The maximum atomic E-state index is 13.0. The number of carbonyl (C=O) groups is 1. The van der Waals surface area contributed by atoms with Crippen LogP contribution in [0, 0.1) is 11.6 Å². The van der Waals surface area contributed by atoms with E-state index >= 15 is 0 Å². The molecule has 0 radical (unpaired) electrons. The van der Waals surface area contributed by atoms with E-state index in [0.717, 1.165) is 12.1 Å². The van der Waals surface area contributed by atoms with E-state index in [2.05, 4.69) is 5.32 Å². The number of aliphatic carboxylic acids is 1. The molecular formula is C9H9F2NO2. The van der Waals surface area contributed by atoms with E-state index in [-0.39, 0.29) is 0 Å². The third-order valence-electron chi connectivity index (χ3n) is 1.69. The Labute approximate surface area is 79.4 Å². The molecule has 0 saturated heterocycles. The summed E-state index contributed by atoms with van der Waals surface area (Å²) in [5.74, 6) is -2.79. The summed E-state index contributed by atoms with van der Waals surface area (Å²) in [4.78, 5) is 10.4. The first kappa shape index (κ1) is 10.4. The summed E-state index contributed by atoms with van der Waals surface area (Å²) in [6, 6.07) is 2.28. The first-order chi connectivity index (χ1) is 6.52. The smallest absolute Gasteiger partial charge is 0.325 e. The van der Waals surface area contributed by atoms with E-state index in [1.807, 2.05) is 0 Å². The summed E-state index contributed by atoms with van der Waals surface area (Å²) in [7, 11) is 0. The van der Waals surface area contributed by atoms with Crippen molar-refractivity contribution in [1.82, 2.24) is 0 Å². The van der Waals surface area contributed by atoms with Crippen LogP contribution in [0.1, 0.15) is 6.92 Å². The third kappa shape index (κ3) is 2.18. The Balaban J connectivity index is 2.91. The number of para-hydroxylation sites is 1. The lowest BCUT2D eigenvalue weighted by Gasteiger charge is -2.11. The van der Waals surface area contributed by atoms with Gasteiger partial charge in [-0.25, -0.2) is 8.78 Å². The fourth-order valence-corrected chi connectivity index (χ4v) is 0.914. The van der Waals surface area contributed by atoms with Crippen molar-refractivity contribution in [3.8, 4) is 0 Å². The molecule has 2 N–H and O–H groups in total. The van der Waals surface area contributed by atoms with E-state index in [0.29, 0.717) is 0 Å². The quantitative estimate of drug-likeness (QED) is 0.784. The van der Waals surface area contributed by atoms with Crippen LogP contribution in [-0.2, 0) is 4.79 Å². The van der Waals surface area contributed by atoms with Crippen molar-refractivity contribution in [2.75, 3.05) is 5.32 Å². The Morgan fingerprint density at radius 1 is 1.43 bits per heavy atom. The van der Waals surface area contributed by atoms with Gasteiger partial charge in [-0.05, 0) is 19.1 Å². The largest absolute Gasteiger partial charge is 0.480 e. The molecule has 1 rings (SSSR count). The molecule has 0 aromatic heterocycles. The highest BCUT2D eigenvalue weighted by atomic mass is 19.1. The van der Waals surface area contributed by atoms with Gasteiger partial charge >= 0.3 is 5.97 Å². The predicted molar refractivity (Wildman–Crippen MR) is 47.1 cm³/mol. The van der Waals surface area contributed by atoms with E-state index in [9.17, 15) is 13.6 Å². The third-order valence-corrected chi connectivity index (χ3v) is 1.69. The van der Waals surface area contributed by atoms with Crippen LogP contribution < -0.4 is 5.32 Å². The monoisotopic (exact) mass is 201 g/mol. The minimum absolute atomic E-state index is 0.414. The van der Waals surface area contributed by atoms with E-state index in [1.54, 1.807) is 0 Å². The van der Waals surface area contributed by atoms with Crippen LogP contribution in [0.5, 0.6) is 0 Å². The standard InChI is InChI=1S/C9H9F2NO2/c1-5(9(13)14)12-8-6(10)3-2-4-7(8)11/h2-5,12H,1H3,(H,13,14)/t5-/m0/s1. The SMILES string of the molecule is C[C@H](Nc1c(F)cccc1F)C(=O)O. The molecule has 0 bridgehead atoms. The van der Waals surface area contributed by atoms with Crippen LogP contribution in [0.15, 0.2) is 18.2 Å². The van der Waals surface area contributed by atoms with Crippen LogP contribution >= 0.6 is 0 Å². The fraction of sp³-hybridized carbons (Fsp3) is 0.222. The lowest BCUT2D eigenvalue weighted by molar-refractivity contribution is -0.137. The average molecular weight is 201 g/mol. The summed E-state index contributed by atoms with van der Waals surface area (Å²) < 4.78 is 26.0. The minimum atomic E-state index is -1.17. The van der Waals surface area contributed by atoms with Gasteiger partial charge in [-0.1, -0.05) is 6.07 Å². The lowest BCUT2D eigenvalue weighted by atomic mass is 10.2. The normalized spacial score (nSPS) is 12.2. The van der Waals surface area contributed by atoms with Crippen molar-refractivity contribution < 1.29 is 18.7 Å². The van der Waals surface area contributed by atoms with Gasteiger partial charge in [0, 0.05) is 0 Å². The second kappa shape index (κ2) is 4.04. The number of hydrogen-bond acceptors (Lipinski definition) is 2. The summed E-state index contributed by atoms with van der Waals surface area (Å²) in [5.41, 5.74) is -0.414. The minimum Gasteiger partial charge on any atom is -0.480 e. The number of hydrogen-bond donors (Lipinski definition) is 2. The van der Waals surface area contributed by atoms with Gasteiger partial charge in [0.2, 0.25) is 0 Å². The number of carboxylic acid groups (broad SMARTS) is 1. The summed E-state index contributed by atoms with van der Waals surface area (Å²) >= 11 is 0. The number of nitrogens with one attached hydrogen (secondary N) is 1. The van der Waals surface area contributed by atoms with E-state index < -0.39 is 29.3 Å². The van der Waals surface area contributed by atoms with Gasteiger partial charge in [0.1, 0.15) is 23.4 Å². The van der Waals surface area contributed by atoms with Crippen LogP contribution in [-0.4, -0.2) is 17.1 Å². The van der Waals surface area contributed by atoms with Crippen molar-refractivity contribution in [3.63, 3.8) is 0 Å². The molecule has 0 aliphatic heterocycles. The number of carboxylic acids is 1. The van der Waals surface area contributed by atoms with Crippen LogP contribution in [0.2, 0.25) is 0 Å². The van der Waals surface area contributed by atoms with Gasteiger partial charge < -0.3 is 10.4 Å². The average Bonchev–Trinajstić information content (AvgIpc) is 2.11. The molecule has 0 heterocycles. The van der Waals surface area contributed by atoms with Crippen molar-refractivity contribution in [2.24, 2.45) is 0 Å². The lowest BCUT2D eigenvalue weighted by Crippen LogP contribution is -2.26. The first-order valence-electron chi connectivity index (χ1n) is 3.95. The molecule has 0 saturated carbocycles. The summed E-state index contributed by atoms with van der Waals surface area (Å²) in [6.07, 6.45) is 0. The molecule has 3 nitrogen and oxygen atoms in total. The molecule has 0 fully saturated rings. The van der Waals surface area contributed by atoms with Gasteiger partial charge in [0.15, 0.2) is 0 Å². The van der Waals surface area contributed by atoms with Crippen molar-refractivity contribution >= 4 is 11.7 Å². The van der Waals surface area contributed by atoms with E-state index in [4.69, 9.17) is 5.11 Å². The molecule has 0 amide bonds. The molecule has 1 atom stereocenters. The number of halogens is 2. The molecule has 14 heavy (non-hydrogen) atoms. The first-order valence-corrected chi connectivity index (χ1v) is 3.95. The zero-order valence-corrected chi connectivity index (χ0v) is 7.42. The second-order valence-electron chi connectivity index (χ2n) is 2.80. The predicted octanol–water partition coefficient (Wildman–Crippen LogP) is 1.85. The maximum absolute atomic E-state index is 13.0. The highest BCUT2D eigenvalue weighted by Crippen LogP contribution is 2.18. The molecule has 5 heteroatoms. The maximum Gasteiger partial charge on any atom is 0.325 e. The van der Waals surface area contributed by atoms with Gasteiger partial charge in [-0.3, -0.25) is 4.79 Å². The van der Waals surface area contributed by atoms with Crippen molar-refractivity contribution in [3.05, 3.63) is 29.8 Å². The Hall–Kier alpha value is -1.65. The Kier molecular flexibility index (Phi) is 3.01. The van der Waals surface area contributed by atoms with Gasteiger partial charge in [-0.2, -0.15) is 0 Å². The van der Waals surface area contributed by atoms with Crippen LogP contribution in [0.25, 0.3) is 0 Å². The Morgan fingerprint density at radius 3 is 2.36 bits per heavy atom. The number of rotatable bonds is 3. The zero-order valence-electron chi connectivity index (χ0n) is 7.42. The summed E-state index contributed by atoms with van der Waals surface area (Å²) in [6.45, 7) is 1.30. The fourth-order valence-electron chi connectivity index (χ4n) is 0.914. The molecule has 0 aliphatic carbocycles. The van der Waals surface area contributed by atoms with Crippen LogP contribution in [0.3, 0.4) is 0 Å². The Bertz CT molecular complexity index is 334. The molecule has 0 aliphatic rings. The number of benzene rings is 1. The molecule has 0 unspecified atom stereocenters. The Morgan fingerprint density at radius 2 is 1.93 bits per heavy atom. The molecule has 1 aromatic rings. The summed E-state index contributed by atoms with van der Waals surface area (Å²) in [5, 5.41) is 10.7. The number of anilines is 1. The van der Waals surface area contributed by atoms with Gasteiger partial charge in [-0.15, -0.1) is 0 Å². The topological polar surface area (TPSA) is 49.3 Å². The molecule has 1 aromatic carbocycles. The highest BCUT2D eigenvalue weighted by molar-refractivity contribution is 5.76. The van der Waals surface area contributed by atoms with Crippen molar-refractivity contribution in [2.45, 2.75) is 13.0 Å². The zero-order chi connectivity index (χ0) is 10.7. The highest BCUT2D eigenvalue weighted by Gasteiger charge is 2.15. The molecular weight excluding hydrogens is 192 g/mol. The second-order valence-corrected chi connectivity index (χ2v) is 2.80. The van der Waals surface area contributed by atoms with Crippen LogP contribution in [0.4, 0.5) is 14.5 Å². The van der Waals surface area contributed by atoms with Gasteiger partial charge in [0.25, 0.3) is 0 Å². The van der Waals surface area contributed by atoms with E-state index in [1.165, 1.54) is 13.0 Å². The molecule has 0 spiro atoms. The van der Waals surface area contributed by atoms with Crippen molar-refractivity contribution in [1.29, 1.82) is 0 Å². The van der Waals surface area contributed by atoms with Gasteiger partial charge in [0.05, 0.1) is 0 Å².